The van der Waals surface area contributed by atoms with Crippen molar-refractivity contribution in [3.05, 3.63) is 71.2 Å². The van der Waals surface area contributed by atoms with Gasteiger partial charge in [-0.2, -0.15) is 0 Å². The van der Waals surface area contributed by atoms with E-state index < -0.39 is 10.0 Å². The molecule has 0 saturated carbocycles. The molecule has 0 bridgehead atoms. The van der Waals surface area contributed by atoms with Crippen LogP contribution in [-0.2, 0) is 14.8 Å². The summed E-state index contributed by atoms with van der Waals surface area (Å²) in [4.78, 5) is 23.0. The number of halogens is 1. The quantitative estimate of drug-likeness (QED) is 0.567. The predicted molar refractivity (Wildman–Crippen MR) is 114 cm³/mol. The smallest absolute Gasteiger partial charge is 0.261 e. The number of hydrogen-bond acceptors (Lipinski definition) is 5. The average molecular weight is 434 g/mol. The molecule has 0 spiro atoms. The highest BCUT2D eigenvalue weighted by molar-refractivity contribution is 8.14. The van der Waals surface area contributed by atoms with Crippen molar-refractivity contribution in [3.63, 3.8) is 0 Å². The Balaban J connectivity index is 1.84. The van der Waals surface area contributed by atoms with Crippen molar-refractivity contribution in [2.24, 2.45) is 0 Å². The number of carbonyl (C=O) groups is 2. The van der Waals surface area contributed by atoms with Crippen LogP contribution in [0.4, 0.5) is 5.69 Å². The molecule has 3 rings (SSSR count). The summed E-state index contributed by atoms with van der Waals surface area (Å²) in [5.74, 6) is -0.207. The van der Waals surface area contributed by atoms with E-state index in [0.717, 1.165) is 22.5 Å². The van der Waals surface area contributed by atoms with E-state index in [4.69, 9.17) is 11.6 Å². The molecule has 0 aliphatic carbocycles. The highest BCUT2D eigenvalue weighted by atomic mass is 35.5. The summed E-state index contributed by atoms with van der Waals surface area (Å²) >= 11 is 6.91. The van der Waals surface area contributed by atoms with Gasteiger partial charge in [-0.05, 0) is 35.7 Å². The van der Waals surface area contributed by atoms with Crippen molar-refractivity contribution >= 4 is 60.7 Å². The van der Waals surface area contributed by atoms with Crippen LogP contribution >= 0.6 is 23.4 Å². The number of Topliss-reactive ketones (excluding diaryl/α,β-unsaturated/α-hetero) is 1. The van der Waals surface area contributed by atoms with Gasteiger partial charge in [0, 0.05) is 22.9 Å². The summed E-state index contributed by atoms with van der Waals surface area (Å²) in [6, 6.07) is 16.1. The van der Waals surface area contributed by atoms with Crippen molar-refractivity contribution < 1.29 is 18.0 Å². The van der Waals surface area contributed by atoms with Crippen LogP contribution in [0, 0.1) is 0 Å². The van der Waals surface area contributed by atoms with Crippen molar-refractivity contribution in [2.45, 2.75) is 11.8 Å². The molecular weight excluding hydrogens is 418 g/mol. The number of fused-ring (bicyclic) bond motifs is 1. The van der Waals surface area contributed by atoms with Crippen LogP contribution in [0.15, 0.2) is 65.6 Å². The third kappa shape index (κ3) is 4.73. The Kier molecular flexibility index (Phi) is 6.07. The maximum Gasteiger partial charge on any atom is 0.261 e. The lowest BCUT2D eigenvalue weighted by molar-refractivity contribution is -0.109. The molecule has 8 heteroatoms. The first-order valence-corrected chi connectivity index (χ1v) is 11.1. The molecule has 0 aliphatic heterocycles. The third-order valence-corrected chi connectivity index (χ3v) is 6.41. The minimum absolute atomic E-state index is 0.0260. The van der Waals surface area contributed by atoms with E-state index in [1.165, 1.54) is 31.2 Å². The predicted octanol–water partition coefficient (Wildman–Crippen LogP) is 4.76. The fraction of sp³-hybridized carbons (Fsp3) is 0.100. The van der Waals surface area contributed by atoms with Gasteiger partial charge in [-0.25, -0.2) is 8.42 Å². The zero-order valence-electron chi connectivity index (χ0n) is 14.8. The number of hydrogen-bond donors (Lipinski definition) is 1. The minimum Gasteiger partial charge on any atom is -0.293 e. The maximum absolute atomic E-state index is 12.7. The van der Waals surface area contributed by atoms with Crippen LogP contribution in [0.1, 0.15) is 17.3 Å². The van der Waals surface area contributed by atoms with Gasteiger partial charge in [-0.15, -0.1) is 0 Å². The highest BCUT2D eigenvalue weighted by Gasteiger charge is 2.17. The van der Waals surface area contributed by atoms with Crippen LogP contribution in [0.3, 0.4) is 0 Å². The highest BCUT2D eigenvalue weighted by Crippen LogP contribution is 2.28. The van der Waals surface area contributed by atoms with Crippen molar-refractivity contribution in [1.82, 2.24) is 0 Å². The molecule has 0 unspecified atom stereocenters. The Hall–Kier alpha value is -2.35. The second-order valence-electron chi connectivity index (χ2n) is 6.00. The van der Waals surface area contributed by atoms with Gasteiger partial charge in [0.1, 0.15) is 0 Å². The van der Waals surface area contributed by atoms with E-state index in [2.05, 4.69) is 4.72 Å². The number of nitrogens with one attached hydrogen (secondary N) is 1. The van der Waals surface area contributed by atoms with E-state index >= 15 is 0 Å². The Morgan fingerprint density at radius 2 is 1.75 bits per heavy atom. The summed E-state index contributed by atoms with van der Waals surface area (Å²) in [7, 11) is -3.84. The Morgan fingerprint density at radius 3 is 2.43 bits per heavy atom. The number of benzene rings is 3. The first-order valence-electron chi connectivity index (χ1n) is 8.24. The molecule has 0 heterocycles. The zero-order chi connectivity index (χ0) is 20.3. The first kappa shape index (κ1) is 20.4. The second kappa shape index (κ2) is 8.34. The number of rotatable bonds is 6. The molecule has 0 saturated heterocycles. The fourth-order valence-corrected chi connectivity index (χ4v) is 4.38. The summed E-state index contributed by atoms with van der Waals surface area (Å²) in [6.45, 7) is 1.39. The van der Waals surface area contributed by atoms with Gasteiger partial charge in [0.05, 0.1) is 16.3 Å². The molecular formula is C20H16ClNO4S2. The van der Waals surface area contributed by atoms with Crippen LogP contribution in [-0.4, -0.2) is 25.1 Å². The number of ketones is 1. The maximum atomic E-state index is 12.7. The number of anilines is 1. The van der Waals surface area contributed by atoms with Gasteiger partial charge in [0.25, 0.3) is 10.0 Å². The Bertz CT molecular complexity index is 1160. The van der Waals surface area contributed by atoms with Gasteiger partial charge in [-0.1, -0.05) is 53.7 Å². The zero-order valence-corrected chi connectivity index (χ0v) is 17.2. The lowest BCUT2D eigenvalue weighted by Crippen LogP contribution is -2.13. The summed E-state index contributed by atoms with van der Waals surface area (Å²) in [5, 5.41) is 1.96. The second-order valence-corrected chi connectivity index (χ2v) is 9.28. The molecule has 28 heavy (non-hydrogen) atoms. The van der Waals surface area contributed by atoms with E-state index in [1.54, 1.807) is 30.3 Å². The lowest BCUT2D eigenvalue weighted by atomic mass is 10.1. The van der Waals surface area contributed by atoms with Crippen LogP contribution < -0.4 is 4.72 Å². The fourth-order valence-electron chi connectivity index (χ4n) is 2.62. The number of sulfonamides is 1. The standard InChI is InChI=1S/C20H16ClNO4S2/c1-13(23)27-12-20(24)14-5-8-17(9-6-14)28(25,26)22-19-4-2-3-15-11-16(21)7-10-18(15)19/h2-11,22H,12H2,1H3. The minimum atomic E-state index is -3.84. The van der Waals surface area contributed by atoms with E-state index in [-0.39, 0.29) is 21.5 Å². The summed E-state index contributed by atoms with van der Waals surface area (Å²) in [5.41, 5.74) is 0.791. The van der Waals surface area contributed by atoms with Crippen LogP contribution in [0.2, 0.25) is 5.02 Å². The topological polar surface area (TPSA) is 80.3 Å². The molecule has 3 aromatic rings. The van der Waals surface area contributed by atoms with Crippen LogP contribution in [0.5, 0.6) is 0 Å². The van der Waals surface area contributed by atoms with Crippen molar-refractivity contribution in [1.29, 1.82) is 0 Å². The van der Waals surface area contributed by atoms with Gasteiger partial charge in [-0.3, -0.25) is 14.3 Å². The van der Waals surface area contributed by atoms with E-state index in [0.29, 0.717) is 16.3 Å². The lowest BCUT2D eigenvalue weighted by Gasteiger charge is -2.11. The van der Waals surface area contributed by atoms with Gasteiger partial charge >= 0.3 is 0 Å². The normalized spacial score (nSPS) is 11.4. The van der Waals surface area contributed by atoms with E-state index in [1.807, 2.05) is 6.07 Å². The van der Waals surface area contributed by atoms with Crippen molar-refractivity contribution in [3.8, 4) is 0 Å². The molecule has 5 nitrogen and oxygen atoms in total. The van der Waals surface area contributed by atoms with Crippen LogP contribution in [0.25, 0.3) is 10.8 Å². The molecule has 0 aromatic heterocycles. The largest absolute Gasteiger partial charge is 0.293 e. The molecule has 144 valence electrons. The molecule has 0 radical (unpaired) electrons. The number of carbonyl (C=O) groups excluding carboxylic acids is 2. The molecule has 0 fully saturated rings. The molecule has 0 aliphatic rings. The van der Waals surface area contributed by atoms with E-state index in [9.17, 15) is 18.0 Å². The SMILES string of the molecule is CC(=O)SCC(=O)c1ccc(S(=O)(=O)Nc2cccc3cc(Cl)ccc23)cc1. The third-order valence-electron chi connectivity index (χ3n) is 3.98. The van der Waals surface area contributed by atoms with Gasteiger partial charge < -0.3 is 0 Å². The Labute approximate surface area is 172 Å². The molecule has 1 N–H and O–H groups in total. The average Bonchev–Trinajstić information content (AvgIpc) is 2.66. The summed E-state index contributed by atoms with van der Waals surface area (Å²) < 4.78 is 28.1. The summed E-state index contributed by atoms with van der Waals surface area (Å²) in [6.07, 6.45) is 0. The van der Waals surface area contributed by atoms with Gasteiger partial charge in [0.2, 0.25) is 0 Å². The van der Waals surface area contributed by atoms with Gasteiger partial charge in [0.15, 0.2) is 10.9 Å². The molecule has 0 atom stereocenters. The monoisotopic (exact) mass is 433 g/mol. The first-order chi connectivity index (χ1) is 13.3. The molecule has 0 amide bonds. The van der Waals surface area contributed by atoms with Crippen molar-refractivity contribution in [2.75, 3.05) is 10.5 Å². The number of thioether (sulfide) groups is 1. The Morgan fingerprint density at radius 1 is 1.04 bits per heavy atom. The molecule has 3 aromatic carbocycles.